The van der Waals surface area contributed by atoms with Crippen LogP contribution in [0, 0.1) is 28.1 Å². The number of hydrogen-bond acceptors (Lipinski definition) is 7. The fourth-order valence-corrected chi connectivity index (χ4v) is 8.11. The number of allylic oxidation sites excluding steroid dienone is 3. The third kappa shape index (κ3) is 2.33. The average molecular weight is 465 g/mol. The summed E-state index contributed by atoms with van der Waals surface area (Å²) in [7, 11) is 0. The van der Waals surface area contributed by atoms with E-state index in [1.54, 1.807) is 24.7 Å². The first-order valence-corrected chi connectivity index (χ1v) is 11.8. The molecule has 7 nitrogen and oxygen atoms in total. The van der Waals surface area contributed by atoms with E-state index in [1.807, 2.05) is 19.9 Å². The van der Waals surface area contributed by atoms with Gasteiger partial charge in [-0.15, -0.1) is 0 Å². The van der Waals surface area contributed by atoms with Crippen molar-refractivity contribution < 1.29 is 33.0 Å². The molecule has 0 aromatic carbocycles. The highest BCUT2D eigenvalue weighted by molar-refractivity contribution is 6.00. The predicted molar refractivity (Wildman–Crippen MR) is 120 cm³/mol. The monoisotopic (exact) mass is 464 g/mol. The summed E-state index contributed by atoms with van der Waals surface area (Å²) in [5.41, 5.74) is 1.82. The van der Waals surface area contributed by atoms with Gasteiger partial charge in [-0.05, 0) is 61.1 Å². The summed E-state index contributed by atoms with van der Waals surface area (Å²) in [6.07, 6.45) is 7.96. The molecule has 0 N–H and O–H groups in total. The van der Waals surface area contributed by atoms with E-state index < -0.39 is 28.5 Å². The predicted octanol–water partition coefficient (Wildman–Crippen LogP) is 3.65. The van der Waals surface area contributed by atoms with Crippen molar-refractivity contribution in [1.29, 1.82) is 0 Å². The Morgan fingerprint density at radius 3 is 2.68 bits per heavy atom. The van der Waals surface area contributed by atoms with Gasteiger partial charge in [0.2, 0.25) is 0 Å². The maximum atomic E-state index is 13.7. The fraction of sp³-hybridized carbons (Fsp3) is 0.519. The van der Waals surface area contributed by atoms with Gasteiger partial charge in [0.15, 0.2) is 5.78 Å². The number of esters is 1. The second kappa shape index (κ2) is 6.81. The van der Waals surface area contributed by atoms with Gasteiger partial charge >= 0.3 is 5.97 Å². The van der Waals surface area contributed by atoms with Crippen molar-refractivity contribution >= 4 is 23.8 Å². The highest BCUT2D eigenvalue weighted by Crippen LogP contribution is 2.71. The van der Waals surface area contributed by atoms with Crippen molar-refractivity contribution in [3.05, 3.63) is 53.5 Å². The van der Waals surface area contributed by atoms with Gasteiger partial charge in [0, 0.05) is 22.3 Å². The molecule has 1 aromatic rings. The number of ketones is 1. The number of furan rings is 1. The van der Waals surface area contributed by atoms with E-state index in [9.17, 15) is 14.4 Å². The Morgan fingerprint density at radius 2 is 1.97 bits per heavy atom. The summed E-state index contributed by atoms with van der Waals surface area (Å²) in [6, 6.07) is 1.92. The molecule has 34 heavy (non-hydrogen) atoms. The molecule has 1 saturated carbocycles. The minimum Gasteiger partial charge on any atom is -0.472 e. The van der Waals surface area contributed by atoms with Crippen molar-refractivity contribution in [3.63, 3.8) is 0 Å². The molecule has 1 unspecified atom stereocenters. The number of rotatable bonds is 5. The number of fused-ring (bicyclic) bond motifs is 4. The van der Waals surface area contributed by atoms with Crippen LogP contribution in [0.2, 0.25) is 0 Å². The molecule has 3 fully saturated rings. The zero-order valence-electron chi connectivity index (χ0n) is 19.7. The first-order valence-electron chi connectivity index (χ1n) is 11.8. The van der Waals surface area contributed by atoms with Crippen LogP contribution in [0.3, 0.4) is 0 Å². The molecule has 2 saturated heterocycles. The highest BCUT2D eigenvalue weighted by Gasteiger charge is 2.77. The molecule has 0 bridgehead atoms. The summed E-state index contributed by atoms with van der Waals surface area (Å²) >= 11 is 0. The van der Waals surface area contributed by atoms with E-state index >= 15 is 0 Å². The van der Waals surface area contributed by atoms with Crippen LogP contribution in [0.15, 0.2) is 52.4 Å². The zero-order valence-corrected chi connectivity index (χ0v) is 19.7. The van der Waals surface area contributed by atoms with E-state index in [1.165, 1.54) is 0 Å². The Balaban J connectivity index is 1.55. The normalized spacial score (nSPS) is 43.9. The molecule has 178 valence electrons. The lowest BCUT2D eigenvalue weighted by atomic mass is 9.42. The van der Waals surface area contributed by atoms with E-state index in [0.717, 1.165) is 22.3 Å². The first-order chi connectivity index (χ1) is 16.2. The third-order valence-electron chi connectivity index (χ3n) is 9.46. The van der Waals surface area contributed by atoms with Crippen molar-refractivity contribution in [2.45, 2.75) is 52.4 Å². The Morgan fingerprint density at radius 1 is 1.18 bits per heavy atom. The highest BCUT2D eigenvalue weighted by atomic mass is 16.6. The van der Waals surface area contributed by atoms with Crippen LogP contribution < -0.4 is 0 Å². The van der Waals surface area contributed by atoms with Crippen molar-refractivity contribution in [2.75, 3.05) is 6.61 Å². The van der Waals surface area contributed by atoms with Crippen LogP contribution in [0.1, 0.15) is 39.7 Å². The summed E-state index contributed by atoms with van der Waals surface area (Å²) in [6.45, 7) is 8.66. The Hall–Kier alpha value is -2.93. The van der Waals surface area contributed by atoms with Gasteiger partial charge < -0.3 is 18.6 Å². The summed E-state index contributed by atoms with van der Waals surface area (Å²) < 4.78 is 23.2. The third-order valence-corrected chi connectivity index (χ3v) is 9.46. The molecule has 3 heterocycles. The van der Waals surface area contributed by atoms with Gasteiger partial charge in [0.1, 0.15) is 12.2 Å². The number of hydrogen-bond donors (Lipinski definition) is 0. The fourth-order valence-electron chi connectivity index (χ4n) is 8.11. The molecule has 3 aliphatic carbocycles. The van der Waals surface area contributed by atoms with Crippen molar-refractivity contribution in [2.24, 2.45) is 28.1 Å². The molecule has 0 radical (unpaired) electrons. The Bertz CT molecular complexity index is 1190. The minimum atomic E-state index is -0.902. The van der Waals surface area contributed by atoms with E-state index in [4.69, 9.17) is 18.6 Å². The SMILES string of the molecule is CC1=C2[C@@H](C=C1c1ccoc1)O[C@@H]1[C@@H]3OC(=O)[C@]4(C)C=CC(=O)[C@@](C)(C34)[C@@H](CCOC=O)[C@]21C. The summed E-state index contributed by atoms with van der Waals surface area (Å²) in [5.74, 6) is -0.923. The second-order valence-electron chi connectivity index (χ2n) is 10.8. The smallest absolute Gasteiger partial charge is 0.316 e. The van der Waals surface area contributed by atoms with Crippen LogP contribution in [0.25, 0.3) is 5.57 Å². The summed E-state index contributed by atoms with van der Waals surface area (Å²) in [5, 5.41) is 0. The van der Waals surface area contributed by atoms with Gasteiger partial charge in [-0.3, -0.25) is 14.4 Å². The van der Waals surface area contributed by atoms with Crippen LogP contribution >= 0.6 is 0 Å². The number of ether oxygens (including phenoxy) is 3. The maximum absolute atomic E-state index is 13.7. The molecule has 0 amide bonds. The van der Waals surface area contributed by atoms with Gasteiger partial charge in [-0.2, -0.15) is 0 Å². The van der Waals surface area contributed by atoms with Gasteiger partial charge in [-0.1, -0.05) is 19.9 Å². The van der Waals surface area contributed by atoms with Crippen molar-refractivity contribution in [1.82, 2.24) is 0 Å². The molecular weight excluding hydrogens is 436 g/mol. The van der Waals surface area contributed by atoms with Crippen LogP contribution in [0.5, 0.6) is 0 Å². The largest absolute Gasteiger partial charge is 0.472 e. The number of carbonyl (C=O) groups excluding carboxylic acids is 3. The minimum absolute atomic E-state index is 0.0169. The van der Waals surface area contributed by atoms with Crippen LogP contribution in [-0.2, 0) is 28.6 Å². The van der Waals surface area contributed by atoms with E-state index in [2.05, 4.69) is 19.9 Å². The van der Waals surface area contributed by atoms with Crippen LogP contribution in [-0.4, -0.2) is 43.1 Å². The van der Waals surface area contributed by atoms with Gasteiger partial charge in [0.05, 0.1) is 30.7 Å². The average Bonchev–Trinajstić information content (AvgIpc) is 3.54. The quantitative estimate of drug-likeness (QED) is 0.373. The van der Waals surface area contributed by atoms with E-state index in [-0.39, 0.29) is 36.3 Å². The van der Waals surface area contributed by atoms with E-state index in [0.29, 0.717) is 12.9 Å². The molecule has 5 aliphatic rings. The molecule has 6 rings (SSSR count). The summed E-state index contributed by atoms with van der Waals surface area (Å²) in [4.78, 5) is 37.8. The molecular formula is C27H28O7. The van der Waals surface area contributed by atoms with Crippen molar-refractivity contribution in [3.8, 4) is 0 Å². The molecule has 1 aromatic heterocycles. The molecule has 0 spiro atoms. The molecule has 2 aliphatic heterocycles. The first kappa shape index (κ1) is 21.6. The van der Waals surface area contributed by atoms with Gasteiger partial charge in [-0.25, -0.2) is 0 Å². The number of carbonyl (C=O) groups is 3. The Labute approximate surface area is 197 Å². The maximum Gasteiger partial charge on any atom is 0.316 e. The lowest BCUT2D eigenvalue weighted by molar-refractivity contribution is -0.186. The van der Waals surface area contributed by atoms with Gasteiger partial charge in [0.25, 0.3) is 6.47 Å². The van der Waals surface area contributed by atoms with Crippen LogP contribution in [0.4, 0.5) is 0 Å². The zero-order chi connectivity index (χ0) is 24.0. The lowest BCUT2D eigenvalue weighted by Crippen LogP contribution is -2.66. The molecule has 7 heteroatoms. The lowest BCUT2D eigenvalue weighted by Gasteiger charge is -2.59. The second-order valence-corrected chi connectivity index (χ2v) is 10.8. The topological polar surface area (TPSA) is 92.0 Å². The molecule has 8 atom stereocenters. The standard InChI is InChI=1S/C27H28O7/c1-14-16(15-6-9-31-12-15)11-17-20(14)27(4)18(7-10-32-13-28)26(3)19(29)5-8-25(2)22(26)21(23(27)33-17)34-24(25)30/h5-6,8-9,11-13,17-18,21-23H,7,10H2,1-4H3/t17-,18-,21-,22?,23-,25-,26+,27-/m1/s1. The Kier molecular flexibility index (Phi) is 4.33.